The molecule has 4 nitrogen and oxygen atoms in total. The molecule has 0 radical (unpaired) electrons. The Morgan fingerprint density at radius 2 is 1.69 bits per heavy atom. The minimum Gasteiger partial charge on any atom is -0.486 e. The van der Waals surface area contributed by atoms with E-state index in [4.69, 9.17) is 9.47 Å². The Morgan fingerprint density at radius 3 is 2.46 bits per heavy atom. The van der Waals surface area contributed by atoms with Crippen molar-refractivity contribution >= 4 is 0 Å². The van der Waals surface area contributed by atoms with E-state index >= 15 is 0 Å². The summed E-state index contributed by atoms with van der Waals surface area (Å²) in [6, 6.07) is 16.2. The fourth-order valence-corrected chi connectivity index (χ4v) is 3.34. The lowest BCUT2D eigenvalue weighted by Crippen LogP contribution is -2.15. The molecule has 4 heteroatoms. The molecule has 1 N–H and O–H groups in total. The molecule has 0 aliphatic carbocycles. The molecule has 0 unspecified atom stereocenters. The monoisotopic (exact) mass is 347 g/mol. The first-order valence-corrected chi connectivity index (χ1v) is 8.75. The molecule has 0 fully saturated rings. The Labute approximate surface area is 153 Å². The Bertz CT molecular complexity index is 966. The third-order valence-corrected chi connectivity index (χ3v) is 4.83. The number of ether oxygens (including phenoxy) is 2. The Morgan fingerprint density at radius 1 is 0.923 bits per heavy atom. The molecule has 1 aromatic heterocycles. The van der Waals surface area contributed by atoms with E-state index in [1.165, 1.54) is 0 Å². The van der Waals surface area contributed by atoms with Crippen molar-refractivity contribution in [1.82, 2.24) is 4.98 Å². The summed E-state index contributed by atoms with van der Waals surface area (Å²) in [6.07, 6.45) is 0. The van der Waals surface area contributed by atoms with Gasteiger partial charge in [0.25, 0.3) is 0 Å². The van der Waals surface area contributed by atoms with Crippen LogP contribution in [-0.4, -0.2) is 23.3 Å². The van der Waals surface area contributed by atoms with Crippen molar-refractivity contribution in [2.24, 2.45) is 0 Å². The molecule has 0 amide bonds. The van der Waals surface area contributed by atoms with Crippen molar-refractivity contribution in [3.05, 3.63) is 65.4 Å². The van der Waals surface area contributed by atoms with Crippen molar-refractivity contribution in [3.8, 4) is 33.9 Å². The number of rotatable bonds is 3. The van der Waals surface area contributed by atoms with Crippen LogP contribution >= 0.6 is 0 Å². The van der Waals surface area contributed by atoms with E-state index < -0.39 is 0 Å². The van der Waals surface area contributed by atoms with Crippen LogP contribution in [0.25, 0.3) is 22.4 Å². The lowest BCUT2D eigenvalue weighted by Gasteiger charge is -2.19. The van der Waals surface area contributed by atoms with Gasteiger partial charge in [0.1, 0.15) is 13.2 Å². The predicted molar refractivity (Wildman–Crippen MR) is 101 cm³/mol. The van der Waals surface area contributed by atoms with Crippen LogP contribution in [0.2, 0.25) is 0 Å². The maximum Gasteiger partial charge on any atom is 0.161 e. The third kappa shape index (κ3) is 2.93. The number of aliphatic hydroxyl groups is 1. The molecule has 0 saturated carbocycles. The van der Waals surface area contributed by atoms with Gasteiger partial charge in [0.05, 0.1) is 12.3 Å². The Kier molecular flexibility index (Phi) is 4.35. The molecule has 0 saturated heterocycles. The Hall–Kier alpha value is -2.85. The number of nitrogens with zero attached hydrogens (tertiary/aromatic N) is 1. The van der Waals surface area contributed by atoms with Gasteiger partial charge >= 0.3 is 0 Å². The quantitative estimate of drug-likeness (QED) is 0.768. The molecular formula is C22H21NO3. The van der Waals surface area contributed by atoms with Gasteiger partial charge in [-0.1, -0.05) is 30.3 Å². The topological polar surface area (TPSA) is 51.6 Å². The molecule has 0 atom stereocenters. The van der Waals surface area contributed by atoms with E-state index in [-0.39, 0.29) is 6.61 Å². The highest BCUT2D eigenvalue weighted by Crippen LogP contribution is 2.37. The Balaban J connectivity index is 1.78. The molecule has 26 heavy (non-hydrogen) atoms. The van der Waals surface area contributed by atoms with Gasteiger partial charge in [-0.2, -0.15) is 0 Å². The highest BCUT2D eigenvalue weighted by Gasteiger charge is 2.15. The molecule has 1 aliphatic rings. The SMILES string of the molecule is Cc1nc(-c2cccc(-c3ccc4c(c3)OCCO4)c2C)ccc1CO. The summed E-state index contributed by atoms with van der Waals surface area (Å²) < 4.78 is 11.3. The van der Waals surface area contributed by atoms with Gasteiger partial charge in [0, 0.05) is 11.3 Å². The lowest BCUT2D eigenvalue weighted by molar-refractivity contribution is 0.171. The molecule has 2 heterocycles. The van der Waals surface area contributed by atoms with Crippen LogP contribution in [0.5, 0.6) is 11.5 Å². The van der Waals surface area contributed by atoms with Crippen molar-refractivity contribution in [3.63, 3.8) is 0 Å². The smallest absolute Gasteiger partial charge is 0.161 e. The van der Waals surface area contributed by atoms with E-state index in [2.05, 4.69) is 30.1 Å². The van der Waals surface area contributed by atoms with Gasteiger partial charge in [-0.15, -0.1) is 0 Å². The summed E-state index contributed by atoms with van der Waals surface area (Å²) in [5, 5.41) is 9.36. The highest BCUT2D eigenvalue weighted by molar-refractivity contribution is 5.78. The predicted octanol–water partition coefficient (Wildman–Crippen LogP) is 4.30. The lowest BCUT2D eigenvalue weighted by atomic mass is 9.94. The number of benzene rings is 2. The minimum absolute atomic E-state index is 0.00926. The second-order valence-electron chi connectivity index (χ2n) is 6.44. The molecule has 2 aromatic carbocycles. The van der Waals surface area contributed by atoms with Crippen LogP contribution in [0.4, 0.5) is 0 Å². The van der Waals surface area contributed by atoms with Crippen molar-refractivity contribution in [1.29, 1.82) is 0 Å². The zero-order valence-corrected chi connectivity index (χ0v) is 15.0. The maximum absolute atomic E-state index is 9.36. The van der Waals surface area contributed by atoms with E-state index in [0.29, 0.717) is 13.2 Å². The fourth-order valence-electron chi connectivity index (χ4n) is 3.34. The molecular weight excluding hydrogens is 326 g/mol. The largest absolute Gasteiger partial charge is 0.486 e. The number of fused-ring (bicyclic) bond motifs is 1. The average Bonchev–Trinajstić information content (AvgIpc) is 2.68. The van der Waals surface area contributed by atoms with Crippen LogP contribution in [-0.2, 0) is 6.61 Å². The van der Waals surface area contributed by atoms with Gasteiger partial charge in [0.2, 0.25) is 0 Å². The van der Waals surface area contributed by atoms with Gasteiger partial charge in [-0.25, -0.2) is 0 Å². The van der Waals surface area contributed by atoms with Crippen LogP contribution in [0.3, 0.4) is 0 Å². The van der Waals surface area contributed by atoms with Gasteiger partial charge < -0.3 is 14.6 Å². The van der Waals surface area contributed by atoms with Gasteiger partial charge in [-0.3, -0.25) is 4.98 Å². The normalized spacial score (nSPS) is 12.9. The summed E-state index contributed by atoms with van der Waals surface area (Å²) in [6.45, 7) is 5.22. The number of hydrogen-bond donors (Lipinski definition) is 1. The molecule has 3 aromatic rings. The number of pyridine rings is 1. The standard InChI is InChI=1S/C22H21NO3/c1-14-18(16-7-9-21-22(12-16)26-11-10-25-21)4-3-5-19(14)20-8-6-17(13-24)15(2)23-20/h3-9,12,24H,10-11,13H2,1-2H3. The minimum atomic E-state index is 0.00926. The number of aryl methyl sites for hydroxylation is 1. The number of hydrogen-bond acceptors (Lipinski definition) is 4. The van der Waals surface area contributed by atoms with E-state index in [9.17, 15) is 5.11 Å². The van der Waals surface area contributed by atoms with Gasteiger partial charge in [-0.05, 0) is 54.3 Å². The highest BCUT2D eigenvalue weighted by atomic mass is 16.6. The first-order chi connectivity index (χ1) is 12.7. The summed E-state index contributed by atoms with van der Waals surface area (Å²) in [7, 11) is 0. The number of aromatic nitrogens is 1. The second-order valence-corrected chi connectivity index (χ2v) is 6.44. The molecule has 132 valence electrons. The average molecular weight is 347 g/mol. The molecule has 4 rings (SSSR count). The van der Waals surface area contributed by atoms with E-state index in [1.807, 2.05) is 37.3 Å². The van der Waals surface area contributed by atoms with E-state index in [0.717, 1.165) is 50.7 Å². The van der Waals surface area contributed by atoms with Gasteiger partial charge in [0.15, 0.2) is 11.5 Å². The summed E-state index contributed by atoms with van der Waals surface area (Å²) >= 11 is 0. The van der Waals surface area contributed by atoms with E-state index in [1.54, 1.807) is 0 Å². The van der Waals surface area contributed by atoms with Crippen LogP contribution in [0.1, 0.15) is 16.8 Å². The molecule has 0 spiro atoms. The first-order valence-electron chi connectivity index (χ1n) is 8.75. The molecule has 1 aliphatic heterocycles. The van der Waals surface area contributed by atoms with Crippen LogP contribution < -0.4 is 9.47 Å². The zero-order chi connectivity index (χ0) is 18.1. The third-order valence-electron chi connectivity index (χ3n) is 4.83. The van der Waals surface area contributed by atoms with Crippen LogP contribution in [0.15, 0.2) is 48.5 Å². The van der Waals surface area contributed by atoms with Crippen molar-refractivity contribution in [2.75, 3.05) is 13.2 Å². The summed E-state index contributed by atoms with van der Waals surface area (Å²) in [5.41, 5.74) is 7.11. The zero-order valence-electron chi connectivity index (χ0n) is 15.0. The molecule has 0 bridgehead atoms. The summed E-state index contributed by atoms with van der Waals surface area (Å²) in [5.74, 6) is 1.59. The first kappa shape index (κ1) is 16.6. The summed E-state index contributed by atoms with van der Waals surface area (Å²) in [4.78, 5) is 4.68. The van der Waals surface area contributed by atoms with Crippen LogP contribution in [0, 0.1) is 13.8 Å². The fraction of sp³-hybridized carbons (Fsp3) is 0.227. The number of aliphatic hydroxyl groups excluding tert-OH is 1. The van der Waals surface area contributed by atoms with Crippen molar-refractivity contribution < 1.29 is 14.6 Å². The van der Waals surface area contributed by atoms with Crippen molar-refractivity contribution in [2.45, 2.75) is 20.5 Å². The maximum atomic E-state index is 9.36. The second kappa shape index (κ2) is 6.81.